The monoisotopic (exact) mass is 534 g/mol. The van der Waals surface area contributed by atoms with Crippen molar-refractivity contribution in [1.82, 2.24) is 24.9 Å². The average Bonchev–Trinajstić information content (AvgIpc) is 3.60. The SMILES string of the molecule is CCCCN1C(=O)c2cc(C(=O)N3CCN(c4cc(C)ccc4C)CC3)nn2C[C@@]1(C)C(=O)NC1CCCC1. The van der Waals surface area contributed by atoms with Gasteiger partial charge in [-0.15, -0.1) is 0 Å². The van der Waals surface area contributed by atoms with Crippen LogP contribution in [0.15, 0.2) is 24.3 Å². The van der Waals surface area contributed by atoms with Crippen molar-refractivity contribution in [1.29, 1.82) is 0 Å². The molecule has 5 rings (SSSR count). The van der Waals surface area contributed by atoms with Gasteiger partial charge in [-0.05, 0) is 57.2 Å². The quantitative estimate of drug-likeness (QED) is 0.587. The van der Waals surface area contributed by atoms with Crippen LogP contribution in [0.4, 0.5) is 5.69 Å². The summed E-state index contributed by atoms with van der Waals surface area (Å²) in [4.78, 5) is 46.6. The number of anilines is 1. The van der Waals surface area contributed by atoms with E-state index in [0.717, 1.165) is 51.6 Å². The van der Waals surface area contributed by atoms with Crippen LogP contribution < -0.4 is 10.2 Å². The maximum Gasteiger partial charge on any atom is 0.274 e. The molecule has 1 saturated heterocycles. The third kappa shape index (κ3) is 5.28. The predicted molar refractivity (Wildman–Crippen MR) is 151 cm³/mol. The second kappa shape index (κ2) is 11.0. The Morgan fingerprint density at radius 3 is 2.49 bits per heavy atom. The van der Waals surface area contributed by atoms with E-state index in [2.05, 4.69) is 54.3 Å². The van der Waals surface area contributed by atoms with Crippen LogP contribution in [0.25, 0.3) is 0 Å². The number of benzene rings is 1. The maximum atomic E-state index is 13.7. The van der Waals surface area contributed by atoms with Crippen molar-refractivity contribution in [3.63, 3.8) is 0 Å². The molecule has 3 heterocycles. The Morgan fingerprint density at radius 2 is 1.79 bits per heavy atom. The number of hydrogen-bond acceptors (Lipinski definition) is 5. The smallest absolute Gasteiger partial charge is 0.274 e. The molecule has 0 unspecified atom stereocenters. The van der Waals surface area contributed by atoms with E-state index < -0.39 is 5.54 Å². The van der Waals surface area contributed by atoms with Crippen molar-refractivity contribution in [2.75, 3.05) is 37.6 Å². The van der Waals surface area contributed by atoms with Gasteiger partial charge in [0.1, 0.15) is 11.2 Å². The highest BCUT2D eigenvalue weighted by Crippen LogP contribution is 2.30. The first-order valence-electron chi connectivity index (χ1n) is 14.5. The molecular weight excluding hydrogens is 492 g/mol. The molecule has 9 nitrogen and oxygen atoms in total. The van der Waals surface area contributed by atoms with Gasteiger partial charge in [-0.25, -0.2) is 0 Å². The van der Waals surface area contributed by atoms with Crippen LogP contribution in [0.2, 0.25) is 0 Å². The van der Waals surface area contributed by atoms with Crippen LogP contribution in [0, 0.1) is 13.8 Å². The van der Waals surface area contributed by atoms with E-state index in [4.69, 9.17) is 0 Å². The molecule has 2 aromatic rings. The van der Waals surface area contributed by atoms with Gasteiger partial charge in [0.2, 0.25) is 5.91 Å². The molecule has 210 valence electrons. The topological polar surface area (TPSA) is 90.8 Å². The molecule has 1 aliphatic carbocycles. The Morgan fingerprint density at radius 1 is 1.08 bits per heavy atom. The highest BCUT2D eigenvalue weighted by atomic mass is 16.2. The normalized spacial score (nSPS) is 21.8. The molecule has 9 heteroatoms. The molecule has 0 spiro atoms. The Hall–Kier alpha value is -3.36. The second-order valence-corrected chi connectivity index (χ2v) is 11.7. The van der Waals surface area contributed by atoms with Gasteiger partial charge in [0.25, 0.3) is 11.8 Å². The molecule has 2 fully saturated rings. The molecule has 1 atom stereocenters. The molecule has 1 aromatic carbocycles. The van der Waals surface area contributed by atoms with E-state index in [1.165, 1.54) is 16.8 Å². The first-order chi connectivity index (χ1) is 18.7. The maximum absolute atomic E-state index is 13.7. The summed E-state index contributed by atoms with van der Waals surface area (Å²) in [5.74, 6) is -0.525. The fourth-order valence-electron chi connectivity index (χ4n) is 6.20. The number of aryl methyl sites for hydroxylation is 2. The number of nitrogens with one attached hydrogen (secondary N) is 1. The third-order valence-electron chi connectivity index (χ3n) is 8.70. The molecule has 0 bridgehead atoms. The summed E-state index contributed by atoms with van der Waals surface area (Å²) in [7, 11) is 0. The summed E-state index contributed by atoms with van der Waals surface area (Å²) in [6.07, 6.45) is 5.92. The highest BCUT2D eigenvalue weighted by Gasteiger charge is 2.48. The van der Waals surface area contributed by atoms with Gasteiger partial charge in [0, 0.05) is 50.5 Å². The Labute approximate surface area is 231 Å². The molecule has 2 aliphatic heterocycles. The van der Waals surface area contributed by atoms with Crippen molar-refractivity contribution in [2.45, 2.75) is 84.3 Å². The molecule has 1 aromatic heterocycles. The standard InChI is InChI=1S/C30H42N6O3/c1-5-6-13-35-28(38)26-19-24(32-36(26)20-30(35,4)29(39)31-23-9-7-8-10-23)27(37)34-16-14-33(15-17-34)25-18-21(2)11-12-22(25)3/h11-12,18-19,23H,5-10,13-17,20H2,1-4H3,(H,31,39)/t30-/m0/s1. The van der Waals surface area contributed by atoms with Crippen molar-refractivity contribution in [3.8, 4) is 0 Å². The van der Waals surface area contributed by atoms with E-state index in [1.807, 2.05) is 11.8 Å². The van der Waals surface area contributed by atoms with Crippen LogP contribution in [0.5, 0.6) is 0 Å². The summed E-state index contributed by atoms with van der Waals surface area (Å²) in [5.41, 5.74) is 3.27. The van der Waals surface area contributed by atoms with Crippen LogP contribution in [0.1, 0.15) is 84.5 Å². The van der Waals surface area contributed by atoms with E-state index in [-0.39, 0.29) is 36.0 Å². The number of aromatic nitrogens is 2. The third-order valence-corrected chi connectivity index (χ3v) is 8.70. The summed E-state index contributed by atoms with van der Waals surface area (Å²) in [6, 6.07) is 8.24. The fourth-order valence-corrected chi connectivity index (χ4v) is 6.20. The van der Waals surface area contributed by atoms with E-state index in [1.54, 1.807) is 15.6 Å². The van der Waals surface area contributed by atoms with Gasteiger partial charge >= 0.3 is 0 Å². The van der Waals surface area contributed by atoms with Gasteiger partial charge < -0.3 is 20.0 Å². The van der Waals surface area contributed by atoms with Crippen LogP contribution >= 0.6 is 0 Å². The summed E-state index contributed by atoms with van der Waals surface area (Å²) >= 11 is 0. The lowest BCUT2D eigenvalue weighted by Crippen LogP contribution is -2.65. The van der Waals surface area contributed by atoms with Gasteiger partial charge in [-0.3, -0.25) is 19.1 Å². The Bertz CT molecular complexity index is 1240. The fraction of sp³-hybridized carbons (Fsp3) is 0.600. The van der Waals surface area contributed by atoms with Gasteiger partial charge in [0.15, 0.2) is 5.69 Å². The number of nitrogens with zero attached hydrogens (tertiary/aromatic N) is 5. The van der Waals surface area contributed by atoms with Crippen molar-refractivity contribution in [3.05, 3.63) is 46.8 Å². The zero-order valence-corrected chi connectivity index (χ0v) is 23.8. The minimum Gasteiger partial charge on any atom is -0.368 e. The Kier molecular flexibility index (Phi) is 7.69. The van der Waals surface area contributed by atoms with E-state index in [9.17, 15) is 14.4 Å². The second-order valence-electron chi connectivity index (χ2n) is 11.7. The van der Waals surface area contributed by atoms with Gasteiger partial charge in [0.05, 0.1) is 6.54 Å². The number of fused-ring (bicyclic) bond motifs is 1. The molecule has 3 aliphatic rings. The highest BCUT2D eigenvalue weighted by molar-refractivity contribution is 6.02. The number of carbonyl (C=O) groups excluding carboxylic acids is 3. The lowest BCUT2D eigenvalue weighted by atomic mass is 9.94. The summed E-state index contributed by atoms with van der Waals surface area (Å²) in [5, 5.41) is 7.79. The van der Waals surface area contributed by atoms with Crippen molar-refractivity contribution < 1.29 is 14.4 Å². The van der Waals surface area contributed by atoms with Gasteiger partial charge in [-0.2, -0.15) is 5.10 Å². The van der Waals surface area contributed by atoms with Crippen LogP contribution in [0.3, 0.4) is 0 Å². The number of amides is 3. The van der Waals surface area contributed by atoms with Crippen LogP contribution in [-0.4, -0.2) is 81.6 Å². The number of rotatable bonds is 7. The van der Waals surface area contributed by atoms with Gasteiger partial charge in [-0.1, -0.05) is 38.3 Å². The van der Waals surface area contributed by atoms with Crippen LogP contribution in [-0.2, 0) is 11.3 Å². The molecule has 0 radical (unpaired) electrons. The lowest BCUT2D eigenvalue weighted by Gasteiger charge is -2.43. The first-order valence-corrected chi connectivity index (χ1v) is 14.5. The molecule has 1 saturated carbocycles. The zero-order valence-electron chi connectivity index (χ0n) is 23.8. The zero-order chi connectivity index (χ0) is 27.7. The average molecular weight is 535 g/mol. The first kappa shape index (κ1) is 27.2. The lowest BCUT2D eigenvalue weighted by molar-refractivity contribution is -0.133. The summed E-state index contributed by atoms with van der Waals surface area (Å²) in [6.45, 7) is 11.5. The van der Waals surface area contributed by atoms with E-state index >= 15 is 0 Å². The summed E-state index contributed by atoms with van der Waals surface area (Å²) < 4.78 is 1.58. The number of carbonyl (C=O) groups is 3. The molecule has 39 heavy (non-hydrogen) atoms. The minimum atomic E-state index is -1.05. The molecule has 1 N–H and O–H groups in total. The van der Waals surface area contributed by atoms with Crippen molar-refractivity contribution >= 4 is 23.4 Å². The number of unbranched alkanes of at least 4 members (excludes halogenated alkanes) is 1. The minimum absolute atomic E-state index is 0.129. The van der Waals surface area contributed by atoms with Crippen molar-refractivity contribution in [2.24, 2.45) is 0 Å². The molecule has 3 amide bonds. The molecular formula is C30H42N6O3. The predicted octanol–water partition coefficient (Wildman–Crippen LogP) is 3.54. The largest absolute Gasteiger partial charge is 0.368 e. The number of piperazine rings is 1. The van der Waals surface area contributed by atoms with E-state index in [0.29, 0.717) is 25.3 Å². The Balaban J connectivity index is 1.32. The number of hydrogen-bond donors (Lipinski definition) is 1.